The monoisotopic (exact) mass is 505 g/mol. The van der Waals surface area contributed by atoms with E-state index < -0.39 is 5.63 Å². The number of hydrogen-bond acceptors (Lipinski definition) is 7. The van der Waals surface area contributed by atoms with Crippen molar-refractivity contribution in [3.63, 3.8) is 0 Å². The maximum Gasteiger partial charge on any atom is 0.351 e. The third-order valence-corrected chi connectivity index (χ3v) is 9.56. The molecule has 0 radical (unpaired) electrons. The third-order valence-electron chi connectivity index (χ3n) is 8.23. The topological polar surface area (TPSA) is 83.9 Å². The van der Waals surface area contributed by atoms with E-state index in [1.165, 1.54) is 43.9 Å². The van der Waals surface area contributed by atoms with Crippen LogP contribution in [-0.2, 0) is 4.79 Å². The summed E-state index contributed by atoms with van der Waals surface area (Å²) in [6.45, 7) is 0. The number of carbonyl (C=O) groups excluding carboxylic acids is 1. The Hall–Kier alpha value is -2.84. The number of aromatic hydroxyl groups is 1. The maximum absolute atomic E-state index is 13.5. The highest BCUT2D eigenvalue weighted by atomic mass is 32.2. The van der Waals surface area contributed by atoms with Gasteiger partial charge in [-0.1, -0.05) is 36.1 Å². The van der Waals surface area contributed by atoms with Gasteiger partial charge >= 0.3 is 5.63 Å². The van der Waals surface area contributed by atoms with Crippen molar-refractivity contribution < 1.29 is 18.7 Å². The molecule has 0 spiro atoms. The summed E-state index contributed by atoms with van der Waals surface area (Å²) in [4.78, 5) is 28.4. The van der Waals surface area contributed by atoms with Gasteiger partial charge in [-0.15, -0.1) is 0 Å². The van der Waals surface area contributed by atoms with E-state index >= 15 is 0 Å². The number of para-hydroxylation sites is 1. The molecule has 3 aromatic rings. The molecular weight excluding hydrogens is 482 g/mol. The summed E-state index contributed by atoms with van der Waals surface area (Å²) < 4.78 is 11.9. The lowest BCUT2D eigenvalue weighted by molar-refractivity contribution is -0.130. The summed E-state index contributed by atoms with van der Waals surface area (Å²) >= 11 is 6.99. The molecule has 2 aromatic heterocycles. The molecular formula is C27H23NO5S2. The van der Waals surface area contributed by atoms with E-state index in [-0.39, 0.29) is 29.0 Å². The van der Waals surface area contributed by atoms with E-state index in [2.05, 4.69) is 0 Å². The Morgan fingerprint density at radius 1 is 0.971 bits per heavy atom. The number of carbonyl (C=O) groups is 1. The van der Waals surface area contributed by atoms with Gasteiger partial charge in [0.2, 0.25) is 0 Å². The summed E-state index contributed by atoms with van der Waals surface area (Å²) in [5, 5.41) is 11.1. The summed E-state index contributed by atoms with van der Waals surface area (Å²) in [7, 11) is 0. The Labute approximate surface area is 211 Å². The van der Waals surface area contributed by atoms with Crippen molar-refractivity contribution in [3.05, 3.63) is 57.5 Å². The first-order chi connectivity index (χ1) is 17.0. The van der Waals surface area contributed by atoms with E-state index in [0.717, 1.165) is 11.8 Å². The summed E-state index contributed by atoms with van der Waals surface area (Å²) in [6.07, 6.45) is 7.91. The van der Waals surface area contributed by atoms with Crippen LogP contribution in [0.15, 0.2) is 54.9 Å². The normalized spacial score (nSPS) is 30.8. The van der Waals surface area contributed by atoms with Gasteiger partial charge in [-0.25, -0.2) is 4.79 Å². The second-order valence-electron chi connectivity index (χ2n) is 10.3. The molecule has 8 heteroatoms. The number of nitrogens with zero attached hydrogens (tertiary/aromatic N) is 1. The Morgan fingerprint density at radius 3 is 2.43 bits per heavy atom. The van der Waals surface area contributed by atoms with Gasteiger partial charge in [0, 0.05) is 12.1 Å². The highest BCUT2D eigenvalue weighted by molar-refractivity contribution is 8.26. The predicted octanol–water partition coefficient (Wildman–Crippen LogP) is 5.78. The molecule has 4 aliphatic carbocycles. The second-order valence-corrected chi connectivity index (χ2v) is 12.0. The first-order valence-corrected chi connectivity index (χ1v) is 13.3. The fraction of sp³-hybridized carbons (Fsp3) is 0.370. The molecule has 1 saturated heterocycles. The van der Waals surface area contributed by atoms with Crippen LogP contribution in [0.1, 0.15) is 37.9 Å². The van der Waals surface area contributed by atoms with Crippen LogP contribution in [0.3, 0.4) is 0 Å². The van der Waals surface area contributed by atoms with Gasteiger partial charge in [0.25, 0.3) is 5.91 Å². The van der Waals surface area contributed by atoms with E-state index in [1.54, 1.807) is 42.5 Å². The number of amides is 1. The molecule has 8 rings (SSSR count). The first-order valence-electron chi connectivity index (χ1n) is 12.1. The lowest BCUT2D eigenvalue weighted by Crippen LogP contribution is -2.57. The minimum Gasteiger partial charge on any atom is -0.506 e. The summed E-state index contributed by atoms with van der Waals surface area (Å²) in [5.74, 6) is 3.12. The van der Waals surface area contributed by atoms with Crippen LogP contribution in [0.25, 0.3) is 28.4 Å². The molecule has 0 atom stereocenters. The Kier molecular flexibility index (Phi) is 4.80. The smallest absolute Gasteiger partial charge is 0.351 e. The SMILES string of the molecule is O=C1/C(=C\c2ccc(-c3c(O)c4ccccc4oc3=O)o2)SC(=S)N1C1C2CC3CC(C2)CC1C3. The predicted molar refractivity (Wildman–Crippen MR) is 138 cm³/mol. The number of thiocarbonyl (C=S) groups is 1. The number of rotatable bonds is 3. The Morgan fingerprint density at radius 2 is 1.69 bits per heavy atom. The molecule has 4 saturated carbocycles. The van der Waals surface area contributed by atoms with Crippen molar-refractivity contribution in [1.82, 2.24) is 4.90 Å². The zero-order valence-electron chi connectivity index (χ0n) is 18.8. The van der Waals surface area contributed by atoms with E-state index in [4.69, 9.17) is 21.1 Å². The number of furan rings is 1. The molecule has 3 heterocycles. The molecule has 35 heavy (non-hydrogen) atoms. The molecule has 4 bridgehead atoms. The lowest BCUT2D eigenvalue weighted by atomic mass is 9.54. The number of hydrogen-bond donors (Lipinski definition) is 1. The quantitative estimate of drug-likeness (QED) is 0.274. The number of thioether (sulfide) groups is 1. The van der Waals surface area contributed by atoms with Crippen molar-refractivity contribution in [2.75, 3.05) is 0 Å². The third kappa shape index (κ3) is 3.33. The van der Waals surface area contributed by atoms with E-state index in [9.17, 15) is 14.7 Å². The Balaban J connectivity index is 1.19. The highest BCUT2D eigenvalue weighted by Crippen LogP contribution is 2.56. The first kappa shape index (κ1) is 21.4. The van der Waals surface area contributed by atoms with Crippen LogP contribution < -0.4 is 5.63 Å². The van der Waals surface area contributed by atoms with Crippen LogP contribution in [0.4, 0.5) is 0 Å². The van der Waals surface area contributed by atoms with Crippen molar-refractivity contribution in [3.8, 4) is 17.1 Å². The van der Waals surface area contributed by atoms with Gasteiger partial charge in [-0.2, -0.15) is 0 Å². The average molecular weight is 506 g/mol. The minimum absolute atomic E-state index is 0.0375. The molecule has 5 aliphatic rings. The van der Waals surface area contributed by atoms with E-state index in [1.807, 2.05) is 4.90 Å². The van der Waals surface area contributed by atoms with Crippen molar-refractivity contribution >= 4 is 51.3 Å². The molecule has 1 aromatic carbocycles. The maximum atomic E-state index is 13.5. The van der Waals surface area contributed by atoms with Crippen molar-refractivity contribution in [1.29, 1.82) is 0 Å². The summed E-state index contributed by atoms with van der Waals surface area (Å²) in [5.41, 5.74) is -0.418. The fourth-order valence-corrected chi connectivity index (χ4v) is 8.43. The number of fused-ring (bicyclic) bond motifs is 1. The van der Waals surface area contributed by atoms with Gasteiger partial charge in [-0.05, 0) is 80.0 Å². The fourth-order valence-electron chi connectivity index (χ4n) is 7.10. The van der Waals surface area contributed by atoms with Crippen LogP contribution in [0.2, 0.25) is 0 Å². The minimum atomic E-state index is -0.685. The van der Waals surface area contributed by atoms with E-state index in [0.29, 0.717) is 37.8 Å². The zero-order chi connectivity index (χ0) is 23.8. The molecule has 0 unspecified atom stereocenters. The molecule has 5 fully saturated rings. The molecule has 6 nitrogen and oxygen atoms in total. The van der Waals surface area contributed by atoms with Crippen LogP contribution in [-0.4, -0.2) is 26.3 Å². The highest BCUT2D eigenvalue weighted by Gasteiger charge is 2.53. The van der Waals surface area contributed by atoms with Gasteiger partial charge in [-0.3, -0.25) is 9.69 Å². The molecule has 1 amide bonds. The molecule has 1 aliphatic heterocycles. The summed E-state index contributed by atoms with van der Waals surface area (Å²) in [6, 6.07) is 10.3. The second kappa shape index (κ2) is 7.83. The van der Waals surface area contributed by atoms with Crippen LogP contribution >= 0.6 is 24.0 Å². The zero-order valence-corrected chi connectivity index (χ0v) is 20.4. The average Bonchev–Trinajstić information content (AvgIpc) is 3.38. The Bertz CT molecular complexity index is 1460. The lowest BCUT2D eigenvalue weighted by Gasteiger charge is -2.56. The molecule has 178 valence electrons. The largest absolute Gasteiger partial charge is 0.506 e. The van der Waals surface area contributed by atoms with Crippen molar-refractivity contribution in [2.45, 2.75) is 38.1 Å². The van der Waals surface area contributed by atoms with Crippen LogP contribution in [0, 0.1) is 23.7 Å². The standard InChI is InChI=1S/C27H23NO5S2/c29-24-18-3-1-2-4-19(18)33-26(31)22(24)20-6-5-17(32-20)12-21-25(30)28(27(34)35-21)23-15-8-13-7-14(10-15)11-16(23)9-13/h1-6,12-16,23,29H,7-11H2/b21-12+. The number of benzene rings is 1. The van der Waals surface area contributed by atoms with Crippen LogP contribution in [0.5, 0.6) is 5.75 Å². The van der Waals surface area contributed by atoms with Gasteiger partial charge in [0.15, 0.2) is 0 Å². The molecule has 1 N–H and O–H groups in total. The van der Waals surface area contributed by atoms with Gasteiger partial charge in [0.1, 0.15) is 32.7 Å². The van der Waals surface area contributed by atoms with Gasteiger partial charge in [0.05, 0.1) is 10.3 Å². The van der Waals surface area contributed by atoms with Crippen molar-refractivity contribution in [2.24, 2.45) is 23.7 Å². The van der Waals surface area contributed by atoms with Gasteiger partial charge < -0.3 is 13.9 Å².